The van der Waals surface area contributed by atoms with Crippen LogP contribution in [0.2, 0.25) is 0 Å². The van der Waals surface area contributed by atoms with Crippen molar-refractivity contribution in [2.45, 2.75) is 39.0 Å². The molecule has 29 heavy (non-hydrogen) atoms. The van der Waals surface area contributed by atoms with Gasteiger partial charge in [0.25, 0.3) is 0 Å². The van der Waals surface area contributed by atoms with Gasteiger partial charge in [-0.25, -0.2) is 0 Å². The summed E-state index contributed by atoms with van der Waals surface area (Å²) in [6, 6.07) is 4.28. The molecular weight excluding hydrogens is 497 g/mol. The number of piperazine rings is 1. The van der Waals surface area contributed by atoms with Crippen LogP contribution in [0.5, 0.6) is 0 Å². The number of guanidine groups is 1. The van der Waals surface area contributed by atoms with Gasteiger partial charge in [0.15, 0.2) is 5.96 Å². The van der Waals surface area contributed by atoms with Crippen LogP contribution >= 0.6 is 35.3 Å². The highest BCUT2D eigenvalue weighted by Gasteiger charge is 2.30. The number of rotatable bonds is 8. The number of thiophene rings is 1. The van der Waals surface area contributed by atoms with Crippen molar-refractivity contribution in [2.75, 3.05) is 52.4 Å². The molecule has 1 aromatic rings. The first-order valence-electron chi connectivity index (χ1n) is 10.7. The van der Waals surface area contributed by atoms with Crippen LogP contribution in [0.4, 0.5) is 0 Å². The molecule has 1 saturated heterocycles. The highest BCUT2D eigenvalue weighted by Crippen LogP contribution is 2.28. The van der Waals surface area contributed by atoms with Crippen LogP contribution in [0, 0.1) is 5.92 Å². The number of halogens is 1. The number of nitrogens with zero attached hydrogens (tertiary/aromatic N) is 3. The lowest BCUT2D eigenvalue weighted by Crippen LogP contribution is -2.52. The molecule has 0 radical (unpaired) electrons. The Kier molecular flexibility index (Phi) is 10.7. The molecule has 1 atom stereocenters. The van der Waals surface area contributed by atoms with Crippen LogP contribution in [-0.4, -0.2) is 74.0 Å². The molecule has 1 amide bonds. The van der Waals surface area contributed by atoms with Crippen LogP contribution in [0.25, 0.3) is 0 Å². The van der Waals surface area contributed by atoms with Gasteiger partial charge in [0.1, 0.15) is 0 Å². The summed E-state index contributed by atoms with van der Waals surface area (Å²) in [6.07, 6.45) is 3.42. The molecule has 3 rings (SSSR count). The van der Waals surface area contributed by atoms with E-state index in [0.29, 0.717) is 17.7 Å². The molecule has 1 saturated carbocycles. The monoisotopic (exact) mass is 533 g/mol. The minimum absolute atomic E-state index is 0. The van der Waals surface area contributed by atoms with Crippen molar-refractivity contribution in [2.24, 2.45) is 10.9 Å². The first-order chi connectivity index (χ1) is 13.7. The van der Waals surface area contributed by atoms with Crippen molar-refractivity contribution in [3.05, 3.63) is 22.4 Å². The Morgan fingerprint density at radius 3 is 2.62 bits per heavy atom. The van der Waals surface area contributed by atoms with E-state index in [1.54, 1.807) is 11.3 Å². The third kappa shape index (κ3) is 7.40. The largest absolute Gasteiger partial charge is 0.357 e. The molecule has 1 aliphatic heterocycles. The molecule has 164 valence electrons. The topological polar surface area (TPSA) is 60.0 Å². The molecule has 6 nitrogen and oxygen atoms in total. The Morgan fingerprint density at radius 1 is 1.28 bits per heavy atom. The fourth-order valence-electron chi connectivity index (χ4n) is 3.67. The Morgan fingerprint density at radius 2 is 2.03 bits per heavy atom. The molecule has 2 N–H and O–H groups in total. The SMILES string of the molecule is CCNC(=NCC(C)c1cccs1)NCCN1CCN(C(=O)C2CCC2)CC1.I. The number of nitrogens with one attached hydrogen (secondary N) is 2. The summed E-state index contributed by atoms with van der Waals surface area (Å²) in [5.41, 5.74) is 0. The third-order valence-electron chi connectivity index (χ3n) is 5.76. The molecule has 0 spiro atoms. The normalized spacial score (nSPS) is 19.2. The number of hydrogen-bond donors (Lipinski definition) is 2. The standard InChI is InChI=1S/C21H35N5OS.HI/c1-3-22-21(24-16-17(2)19-8-5-15-28-19)23-9-10-25-11-13-26(14-12-25)20(27)18-6-4-7-18;/h5,8,15,17-18H,3-4,6-7,9-14,16H2,1-2H3,(H2,22,23,24);1H. The molecule has 1 aliphatic carbocycles. The smallest absolute Gasteiger partial charge is 0.225 e. The highest BCUT2D eigenvalue weighted by atomic mass is 127. The second-order valence-corrected chi connectivity index (χ2v) is 8.84. The van der Waals surface area contributed by atoms with Crippen molar-refractivity contribution < 1.29 is 4.79 Å². The predicted molar refractivity (Wildman–Crippen MR) is 132 cm³/mol. The molecular formula is C21H36IN5OS. The average Bonchev–Trinajstić information content (AvgIpc) is 3.20. The van der Waals surface area contributed by atoms with Crippen LogP contribution < -0.4 is 10.6 Å². The molecule has 2 aliphatic rings. The molecule has 2 heterocycles. The molecule has 0 aromatic carbocycles. The number of hydrogen-bond acceptors (Lipinski definition) is 4. The molecule has 1 unspecified atom stereocenters. The van der Waals surface area contributed by atoms with Gasteiger partial charge in [-0.2, -0.15) is 0 Å². The lowest BCUT2D eigenvalue weighted by molar-refractivity contribution is -0.139. The van der Waals surface area contributed by atoms with Crippen molar-refractivity contribution >= 4 is 47.2 Å². The quantitative estimate of drug-likeness (QED) is 0.307. The van der Waals surface area contributed by atoms with E-state index < -0.39 is 0 Å². The van der Waals surface area contributed by atoms with Crippen molar-refractivity contribution in [1.82, 2.24) is 20.4 Å². The summed E-state index contributed by atoms with van der Waals surface area (Å²) in [5, 5.41) is 8.92. The van der Waals surface area contributed by atoms with E-state index in [0.717, 1.165) is 71.2 Å². The summed E-state index contributed by atoms with van der Waals surface area (Å²) in [6.45, 7) is 11.5. The van der Waals surface area contributed by atoms with Gasteiger partial charge in [0, 0.05) is 62.5 Å². The minimum atomic E-state index is 0. The Balaban J connectivity index is 0.00000300. The maximum absolute atomic E-state index is 12.3. The summed E-state index contributed by atoms with van der Waals surface area (Å²) in [5.74, 6) is 2.05. The van der Waals surface area contributed by atoms with E-state index in [1.165, 1.54) is 11.3 Å². The lowest BCUT2D eigenvalue weighted by atomic mass is 9.84. The lowest BCUT2D eigenvalue weighted by Gasteiger charge is -2.38. The van der Waals surface area contributed by atoms with Gasteiger partial charge in [-0.15, -0.1) is 35.3 Å². The summed E-state index contributed by atoms with van der Waals surface area (Å²) in [4.78, 5) is 23.0. The Labute approximate surface area is 196 Å². The van der Waals surface area contributed by atoms with Gasteiger partial charge < -0.3 is 15.5 Å². The zero-order valence-corrected chi connectivity index (χ0v) is 20.9. The molecule has 0 bridgehead atoms. The van der Waals surface area contributed by atoms with E-state index in [9.17, 15) is 4.79 Å². The van der Waals surface area contributed by atoms with Crippen molar-refractivity contribution in [3.8, 4) is 0 Å². The number of aliphatic imine (C=N–C) groups is 1. The highest BCUT2D eigenvalue weighted by molar-refractivity contribution is 14.0. The van der Waals surface area contributed by atoms with Crippen LogP contribution in [-0.2, 0) is 4.79 Å². The van der Waals surface area contributed by atoms with Gasteiger partial charge in [0.2, 0.25) is 5.91 Å². The molecule has 2 fully saturated rings. The second-order valence-electron chi connectivity index (χ2n) is 7.86. The zero-order valence-electron chi connectivity index (χ0n) is 17.7. The van der Waals surface area contributed by atoms with Gasteiger partial charge in [-0.1, -0.05) is 19.4 Å². The van der Waals surface area contributed by atoms with Gasteiger partial charge >= 0.3 is 0 Å². The summed E-state index contributed by atoms with van der Waals surface area (Å²) in [7, 11) is 0. The fourth-order valence-corrected chi connectivity index (χ4v) is 4.45. The average molecular weight is 534 g/mol. The zero-order chi connectivity index (χ0) is 19.8. The van der Waals surface area contributed by atoms with E-state index in [1.807, 2.05) is 0 Å². The van der Waals surface area contributed by atoms with Crippen LogP contribution in [0.3, 0.4) is 0 Å². The second kappa shape index (κ2) is 12.7. The van der Waals surface area contributed by atoms with E-state index in [-0.39, 0.29) is 24.0 Å². The first kappa shape index (κ1) is 24.4. The number of carbonyl (C=O) groups excluding carboxylic acids is 1. The van der Waals surface area contributed by atoms with Gasteiger partial charge in [0.05, 0.1) is 6.54 Å². The molecule has 1 aromatic heterocycles. The van der Waals surface area contributed by atoms with E-state index in [4.69, 9.17) is 4.99 Å². The Hall–Kier alpha value is -0.870. The molecule has 8 heteroatoms. The summed E-state index contributed by atoms with van der Waals surface area (Å²) < 4.78 is 0. The van der Waals surface area contributed by atoms with Gasteiger partial charge in [-0.3, -0.25) is 14.7 Å². The predicted octanol–water partition coefficient (Wildman–Crippen LogP) is 2.97. The summed E-state index contributed by atoms with van der Waals surface area (Å²) >= 11 is 1.80. The number of amides is 1. The minimum Gasteiger partial charge on any atom is -0.357 e. The Bertz CT molecular complexity index is 627. The van der Waals surface area contributed by atoms with Crippen LogP contribution in [0.1, 0.15) is 43.9 Å². The van der Waals surface area contributed by atoms with E-state index in [2.05, 4.69) is 51.8 Å². The maximum atomic E-state index is 12.3. The van der Waals surface area contributed by atoms with Gasteiger partial charge in [-0.05, 0) is 31.2 Å². The third-order valence-corrected chi connectivity index (χ3v) is 6.86. The van der Waals surface area contributed by atoms with Crippen molar-refractivity contribution in [1.29, 1.82) is 0 Å². The van der Waals surface area contributed by atoms with Crippen LogP contribution in [0.15, 0.2) is 22.5 Å². The fraction of sp³-hybridized carbons (Fsp3) is 0.714. The van der Waals surface area contributed by atoms with E-state index >= 15 is 0 Å². The van der Waals surface area contributed by atoms with Crippen molar-refractivity contribution in [3.63, 3.8) is 0 Å². The maximum Gasteiger partial charge on any atom is 0.225 e. The number of carbonyl (C=O) groups is 1. The first-order valence-corrected chi connectivity index (χ1v) is 11.6.